The van der Waals surface area contributed by atoms with E-state index in [4.69, 9.17) is 14.5 Å². The number of ether oxygens (including phenoxy) is 2. The van der Waals surface area contributed by atoms with Gasteiger partial charge in [-0.3, -0.25) is 14.5 Å². The Morgan fingerprint density at radius 1 is 1.25 bits per heavy atom. The molecule has 1 aliphatic rings. The maximum atomic E-state index is 12.3. The van der Waals surface area contributed by atoms with Gasteiger partial charge in [0.25, 0.3) is 0 Å². The van der Waals surface area contributed by atoms with Gasteiger partial charge in [-0.25, -0.2) is 4.79 Å². The van der Waals surface area contributed by atoms with Crippen molar-refractivity contribution in [3.63, 3.8) is 0 Å². The first kappa shape index (κ1) is 20.8. The van der Waals surface area contributed by atoms with E-state index in [2.05, 4.69) is 42.0 Å². The molecule has 1 atom stereocenters. The van der Waals surface area contributed by atoms with Gasteiger partial charge in [0.15, 0.2) is 0 Å². The first-order valence-electron chi connectivity index (χ1n) is 10.9. The van der Waals surface area contributed by atoms with Crippen molar-refractivity contribution in [2.75, 3.05) is 20.3 Å². The van der Waals surface area contributed by atoms with Crippen LogP contribution < -0.4 is 5.69 Å². The molecule has 1 N–H and O–H groups in total. The van der Waals surface area contributed by atoms with E-state index in [1.165, 1.54) is 5.56 Å². The van der Waals surface area contributed by atoms with Gasteiger partial charge in [0.2, 0.25) is 0 Å². The van der Waals surface area contributed by atoms with Crippen LogP contribution >= 0.6 is 0 Å². The van der Waals surface area contributed by atoms with E-state index in [0.29, 0.717) is 12.5 Å². The maximum absolute atomic E-state index is 12.3. The Labute approximate surface area is 186 Å². The standard InChI is InChI=1S/C25H28N4O3/c1-25(2)14-32-8-7-20(25)18-10-21-19(23-22(12-27-21)29(3)24(30)28-23)9-17(18)15-5-6-16(13-31-4)26-11-15/h5-6,9-12,20H,7-8,13-14H2,1-4H3,(H,28,30). The Balaban J connectivity index is 1.77. The fourth-order valence-electron chi connectivity index (χ4n) is 4.89. The van der Waals surface area contributed by atoms with Crippen molar-refractivity contribution in [2.45, 2.75) is 32.8 Å². The molecular formula is C25H28N4O3. The summed E-state index contributed by atoms with van der Waals surface area (Å²) in [5.41, 5.74) is 6.63. The molecule has 4 heterocycles. The van der Waals surface area contributed by atoms with Gasteiger partial charge in [-0.1, -0.05) is 19.9 Å². The highest BCUT2D eigenvalue weighted by atomic mass is 16.5. The fraction of sp³-hybridized carbons (Fsp3) is 0.400. The molecule has 0 radical (unpaired) electrons. The number of rotatable bonds is 4. The van der Waals surface area contributed by atoms with Crippen LogP contribution in [0.15, 0.2) is 41.5 Å². The molecule has 166 valence electrons. The van der Waals surface area contributed by atoms with Gasteiger partial charge < -0.3 is 14.5 Å². The summed E-state index contributed by atoms with van der Waals surface area (Å²) in [5.74, 6) is 0.321. The average molecular weight is 433 g/mol. The minimum Gasteiger partial charge on any atom is -0.381 e. The Bertz CT molecular complexity index is 1350. The lowest BCUT2D eigenvalue weighted by Gasteiger charge is -2.39. The van der Waals surface area contributed by atoms with E-state index >= 15 is 0 Å². The van der Waals surface area contributed by atoms with Gasteiger partial charge in [0.05, 0.1) is 41.7 Å². The lowest BCUT2D eigenvalue weighted by Crippen LogP contribution is -2.33. The number of nitrogens with zero attached hydrogens (tertiary/aromatic N) is 3. The molecular weight excluding hydrogens is 404 g/mol. The molecule has 4 aromatic rings. The Morgan fingerprint density at radius 2 is 2.09 bits per heavy atom. The highest BCUT2D eigenvalue weighted by Gasteiger charge is 2.36. The number of hydrogen-bond acceptors (Lipinski definition) is 5. The monoisotopic (exact) mass is 432 g/mol. The second-order valence-electron chi connectivity index (χ2n) is 9.32. The molecule has 1 aliphatic heterocycles. The molecule has 0 saturated carbocycles. The van der Waals surface area contributed by atoms with E-state index in [1.54, 1.807) is 24.9 Å². The van der Waals surface area contributed by atoms with E-state index in [0.717, 1.165) is 58.4 Å². The molecule has 5 rings (SSSR count). The second-order valence-corrected chi connectivity index (χ2v) is 9.32. The van der Waals surface area contributed by atoms with E-state index < -0.39 is 0 Å². The van der Waals surface area contributed by atoms with Crippen LogP contribution in [0.5, 0.6) is 0 Å². The number of nitrogens with one attached hydrogen (secondary N) is 1. The minimum atomic E-state index is -0.143. The number of pyridine rings is 2. The van der Waals surface area contributed by atoms with Crippen LogP contribution in [0.4, 0.5) is 0 Å². The Morgan fingerprint density at radius 3 is 2.81 bits per heavy atom. The van der Waals surface area contributed by atoms with Gasteiger partial charge in [-0.05, 0) is 47.1 Å². The summed E-state index contributed by atoms with van der Waals surface area (Å²) in [6.45, 7) is 6.47. The van der Waals surface area contributed by atoms with Crippen LogP contribution in [0.1, 0.15) is 37.4 Å². The normalized spacial score (nSPS) is 18.4. The minimum absolute atomic E-state index is 0.00470. The Kier molecular flexibility index (Phi) is 5.10. The zero-order valence-electron chi connectivity index (χ0n) is 18.9. The van der Waals surface area contributed by atoms with Gasteiger partial charge in [0, 0.05) is 37.9 Å². The van der Waals surface area contributed by atoms with E-state index in [1.807, 2.05) is 12.3 Å². The van der Waals surface area contributed by atoms with Gasteiger partial charge in [0.1, 0.15) is 0 Å². The van der Waals surface area contributed by atoms with E-state index in [-0.39, 0.29) is 11.1 Å². The molecule has 0 amide bonds. The summed E-state index contributed by atoms with van der Waals surface area (Å²) in [5, 5.41) is 0.935. The summed E-state index contributed by atoms with van der Waals surface area (Å²) in [6, 6.07) is 8.45. The quantitative estimate of drug-likeness (QED) is 0.524. The molecule has 7 heteroatoms. The summed E-state index contributed by atoms with van der Waals surface area (Å²) in [4.78, 5) is 24.6. The number of methoxy groups -OCH3 is 1. The molecule has 1 unspecified atom stereocenters. The number of H-pyrrole nitrogens is 1. The zero-order valence-corrected chi connectivity index (χ0v) is 18.9. The van der Waals surface area contributed by atoms with E-state index in [9.17, 15) is 4.79 Å². The number of fused-ring (bicyclic) bond motifs is 3. The predicted molar refractivity (Wildman–Crippen MR) is 125 cm³/mol. The molecule has 0 bridgehead atoms. The predicted octanol–water partition coefficient (Wildman–Crippen LogP) is 4.15. The number of benzene rings is 1. The average Bonchev–Trinajstić information content (AvgIpc) is 3.07. The highest BCUT2D eigenvalue weighted by Crippen LogP contribution is 2.46. The lowest BCUT2D eigenvalue weighted by molar-refractivity contribution is -0.00436. The zero-order chi connectivity index (χ0) is 22.5. The summed E-state index contributed by atoms with van der Waals surface area (Å²) >= 11 is 0. The SMILES string of the molecule is COCc1ccc(-c2cc3c(cc2C2CCOCC2(C)C)ncc2c3[nH]c(=O)n2C)cn1. The molecule has 32 heavy (non-hydrogen) atoms. The number of aryl methyl sites for hydroxylation is 1. The number of imidazole rings is 1. The molecule has 1 saturated heterocycles. The van der Waals surface area contributed by atoms with Crippen LogP contribution in [0.3, 0.4) is 0 Å². The molecule has 1 aromatic carbocycles. The molecule has 7 nitrogen and oxygen atoms in total. The van der Waals surface area contributed by atoms with Crippen LogP contribution in [0.2, 0.25) is 0 Å². The molecule has 3 aromatic heterocycles. The maximum Gasteiger partial charge on any atom is 0.326 e. The fourth-order valence-corrected chi connectivity index (χ4v) is 4.89. The van der Waals surface area contributed by atoms with Crippen LogP contribution in [-0.4, -0.2) is 39.8 Å². The van der Waals surface area contributed by atoms with Gasteiger partial charge in [-0.2, -0.15) is 0 Å². The van der Waals surface area contributed by atoms with Crippen molar-refractivity contribution in [1.29, 1.82) is 0 Å². The summed E-state index contributed by atoms with van der Waals surface area (Å²) < 4.78 is 12.6. The van der Waals surface area contributed by atoms with Crippen molar-refractivity contribution in [1.82, 2.24) is 19.5 Å². The number of aromatic nitrogens is 4. The van der Waals surface area contributed by atoms with Crippen molar-refractivity contribution in [3.05, 3.63) is 58.4 Å². The van der Waals surface area contributed by atoms with Gasteiger partial charge >= 0.3 is 5.69 Å². The van der Waals surface area contributed by atoms with Crippen molar-refractivity contribution in [2.24, 2.45) is 12.5 Å². The lowest BCUT2D eigenvalue weighted by atomic mass is 9.70. The second kappa shape index (κ2) is 7.83. The first-order chi connectivity index (χ1) is 15.4. The third kappa shape index (κ3) is 3.42. The summed E-state index contributed by atoms with van der Waals surface area (Å²) in [6.07, 6.45) is 4.63. The van der Waals surface area contributed by atoms with Crippen molar-refractivity contribution < 1.29 is 9.47 Å². The van der Waals surface area contributed by atoms with Gasteiger partial charge in [-0.15, -0.1) is 0 Å². The smallest absolute Gasteiger partial charge is 0.326 e. The van der Waals surface area contributed by atoms with Crippen molar-refractivity contribution >= 4 is 21.9 Å². The topological polar surface area (TPSA) is 82.0 Å². The van der Waals surface area contributed by atoms with Crippen LogP contribution in [0, 0.1) is 5.41 Å². The first-order valence-corrected chi connectivity index (χ1v) is 10.9. The number of aromatic amines is 1. The molecule has 0 aliphatic carbocycles. The van der Waals surface area contributed by atoms with Crippen molar-refractivity contribution in [3.8, 4) is 11.1 Å². The van der Waals surface area contributed by atoms with Crippen LogP contribution in [0.25, 0.3) is 33.1 Å². The third-order valence-corrected chi connectivity index (χ3v) is 6.69. The highest BCUT2D eigenvalue weighted by molar-refractivity contribution is 6.04. The summed E-state index contributed by atoms with van der Waals surface area (Å²) in [7, 11) is 3.43. The number of hydrogen-bond donors (Lipinski definition) is 1. The molecule has 1 fully saturated rings. The Hall–Kier alpha value is -3.03. The largest absolute Gasteiger partial charge is 0.381 e. The molecule has 0 spiro atoms. The third-order valence-electron chi connectivity index (χ3n) is 6.69. The van der Waals surface area contributed by atoms with Crippen LogP contribution in [-0.2, 0) is 23.1 Å².